The molecule has 0 saturated carbocycles. The predicted molar refractivity (Wildman–Crippen MR) is 68.8 cm³/mol. The molecule has 0 aromatic heterocycles. The Hall–Kier alpha value is -1.75. The summed E-state index contributed by atoms with van der Waals surface area (Å²) in [5.41, 5.74) is 0.660. The summed E-state index contributed by atoms with van der Waals surface area (Å²) < 4.78 is 10.3. The van der Waals surface area contributed by atoms with E-state index in [-0.39, 0.29) is 6.61 Å². The lowest BCUT2D eigenvalue weighted by atomic mass is 10.2. The third-order valence-electron chi connectivity index (χ3n) is 2.08. The van der Waals surface area contributed by atoms with Gasteiger partial charge in [-0.25, -0.2) is 4.79 Å². The molecule has 1 rings (SSSR count). The molecule has 100 valence electrons. The van der Waals surface area contributed by atoms with Crippen LogP contribution in [0.5, 0.6) is 5.75 Å². The van der Waals surface area contributed by atoms with E-state index in [1.54, 1.807) is 39.0 Å². The molecule has 0 fully saturated rings. The molecule has 0 bridgehead atoms. The summed E-state index contributed by atoms with van der Waals surface area (Å²) in [4.78, 5) is 11.6. The molecule has 1 aromatic rings. The molecule has 1 amide bonds. The average Bonchev–Trinajstić information content (AvgIpc) is 2.27. The molecule has 5 nitrogen and oxygen atoms in total. The molecule has 0 unspecified atom stereocenters. The lowest BCUT2D eigenvalue weighted by molar-refractivity contribution is 0.0635. The van der Waals surface area contributed by atoms with Crippen molar-refractivity contribution in [2.24, 2.45) is 0 Å². The fraction of sp³-hybridized carbons (Fsp3) is 0.462. The van der Waals surface area contributed by atoms with Crippen molar-refractivity contribution in [2.45, 2.75) is 33.0 Å². The van der Waals surface area contributed by atoms with Crippen LogP contribution in [-0.4, -0.2) is 23.9 Å². The van der Waals surface area contributed by atoms with Gasteiger partial charge in [0.25, 0.3) is 0 Å². The predicted octanol–water partition coefficient (Wildman–Crippen LogP) is 2.53. The van der Waals surface area contributed by atoms with Gasteiger partial charge in [0.2, 0.25) is 0 Å². The maximum absolute atomic E-state index is 11.6. The van der Waals surface area contributed by atoms with E-state index >= 15 is 0 Å². The van der Waals surface area contributed by atoms with Crippen molar-refractivity contribution in [3.8, 4) is 5.75 Å². The monoisotopic (exact) mass is 253 g/mol. The number of methoxy groups -OCH3 is 1. The van der Waals surface area contributed by atoms with E-state index in [1.807, 2.05) is 0 Å². The van der Waals surface area contributed by atoms with Gasteiger partial charge in [0, 0.05) is 0 Å². The highest BCUT2D eigenvalue weighted by Crippen LogP contribution is 2.26. The van der Waals surface area contributed by atoms with Crippen LogP contribution >= 0.6 is 0 Å². The van der Waals surface area contributed by atoms with Crippen molar-refractivity contribution in [3.05, 3.63) is 23.8 Å². The molecule has 0 spiro atoms. The van der Waals surface area contributed by atoms with E-state index in [9.17, 15) is 4.79 Å². The van der Waals surface area contributed by atoms with Gasteiger partial charge in [0.1, 0.15) is 11.4 Å². The van der Waals surface area contributed by atoms with Crippen LogP contribution in [0.1, 0.15) is 26.3 Å². The minimum atomic E-state index is -0.553. The molecule has 18 heavy (non-hydrogen) atoms. The Morgan fingerprint density at radius 2 is 2.06 bits per heavy atom. The van der Waals surface area contributed by atoms with Crippen molar-refractivity contribution in [1.29, 1.82) is 0 Å². The molecule has 0 radical (unpaired) electrons. The molecule has 0 aliphatic carbocycles. The number of amides is 1. The van der Waals surface area contributed by atoms with Gasteiger partial charge >= 0.3 is 6.09 Å². The zero-order valence-corrected chi connectivity index (χ0v) is 11.1. The number of hydrogen-bond acceptors (Lipinski definition) is 4. The molecule has 0 atom stereocenters. The van der Waals surface area contributed by atoms with Crippen LogP contribution < -0.4 is 10.1 Å². The van der Waals surface area contributed by atoms with Crippen LogP contribution in [0.4, 0.5) is 10.5 Å². The van der Waals surface area contributed by atoms with Crippen molar-refractivity contribution in [3.63, 3.8) is 0 Å². The van der Waals surface area contributed by atoms with Gasteiger partial charge in [0.15, 0.2) is 0 Å². The van der Waals surface area contributed by atoms with Crippen molar-refractivity contribution in [2.75, 3.05) is 12.4 Å². The highest BCUT2D eigenvalue weighted by atomic mass is 16.6. The van der Waals surface area contributed by atoms with Gasteiger partial charge in [0.05, 0.1) is 19.4 Å². The summed E-state index contributed by atoms with van der Waals surface area (Å²) in [6.45, 7) is 5.29. The number of carbonyl (C=O) groups excluding carboxylic acids is 1. The molecular weight excluding hydrogens is 234 g/mol. The quantitative estimate of drug-likeness (QED) is 0.868. The fourth-order valence-corrected chi connectivity index (χ4v) is 1.35. The number of ether oxygens (including phenoxy) is 2. The lowest BCUT2D eigenvalue weighted by Gasteiger charge is -2.20. The normalized spacial score (nSPS) is 10.9. The summed E-state index contributed by atoms with van der Waals surface area (Å²) in [5, 5.41) is 11.6. The topological polar surface area (TPSA) is 67.8 Å². The summed E-state index contributed by atoms with van der Waals surface area (Å²) in [6.07, 6.45) is -0.544. The van der Waals surface area contributed by atoms with E-state index in [2.05, 4.69) is 5.32 Å². The van der Waals surface area contributed by atoms with Crippen LogP contribution in [0, 0.1) is 0 Å². The number of anilines is 1. The Morgan fingerprint density at radius 3 is 2.56 bits per heavy atom. The smallest absolute Gasteiger partial charge is 0.412 e. The lowest BCUT2D eigenvalue weighted by Crippen LogP contribution is -2.27. The molecule has 0 saturated heterocycles. The second kappa shape index (κ2) is 5.73. The fourth-order valence-electron chi connectivity index (χ4n) is 1.35. The van der Waals surface area contributed by atoms with E-state index in [1.165, 1.54) is 7.11 Å². The van der Waals surface area contributed by atoms with Gasteiger partial charge in [-0.3, -0.25) is 5.32 Å². The number of nitrogens with one attached hydrogen (secondary N) is 1. The second-order valence-corrected chi connectivity index (χ2v) is 4.82. The van der Waals surface area contributed by atoms with Crippen LogP contribution in [0.15, 0.2) is 18.2 Å². The van der Waals surface area contributed by atoms with Crippen LogP contribution in [-0.2, 0) is 11.3 Å². The summed E-state index contributed by atoms with van der Waals surface area (Å²) in [5.74, 6) is 0.479. The van der Waals surface area contributed by atoms with Crippen LogP contribution in [0.3, 0.4) is 0 Å². The minimum absolute atomic E-state index is 0.0803. The Labute approximate surface area is 107 Å². The Bertz CT molecular complexity index is 423. The number of rotatable bonds is 3. The first-order valence-corrected chi connectivity index (χ1v) is 5.63. The number of carbonyl (C=O) groups is 1. The van der Waals surface area contributed by atoms with Crippen LogP contribution in [0.2, 0.25) is 0 Å². The highest BCUT2D eigenvalue weighted by molar-refractivity contribution is 5.87. The number of benzene rings is 1. The number of aliphatic hydroxyl groups excluding tert-OH is 1. The second-order valence-electron chi connectivity index (χ2n) is 4.82. The first-order valence-electron chi connectivity index (χ1n) is 5.63. The SMILES string of the molecule is COc1cc(CO)ccc1NC(=O)OC(C)(C)C. The van der Waals surface area contributed by atoms with E-state index < -0.39 is 11.7 Å². The van der Waals surface area contributed by atoms with Crippen LogP contribution in [0.25, 0.3) is 0 Å². The third-order valence-corrected chi connectivity index (χ3v) is 2.08. The molecule has 2 N–H and O–H groups in total. The number of aliphatic hydroxyl groups is 1. The first-order chi connectivity index (χ1) is 8.35. The van der Waals surface area contributed by atoms with Gasteiger partial charge in [-0.2, -0.15) is 0 Å². The van der Waals surface area contributed by atoms with E-state index in [4.69, 9.17) is 14.6 Å². The first kappa shape index (κ1) is 14.3. The Kier molecular flexibility index (Phi) is 4.55. The summed E-state index contributed by atoms with van der Waals surface area (Å²) in [7, 11) is 1.50. The zero-order valence-electron chi connectivity index (χ0n) is 11.1. The molecule has 5 heteroatoms. The molecular formula is C13H19NO4. The van der Waals surface area contributed by atoms with Crippen molar-refractivity contribution < 1.29 is 19.4 Å². The standard InChI is InChI=1S/C13H19NO4/c1-13(2,3)18-12(16)14-10-6-5-9(8-15)7-11(10)17-4/h5-7,15H,8H2,1-4H3,(H,14,16). The molecule has 0 aliphatic heterocycles. The van der Waals surface area contributed by atoms with E-state index in [0.717, 1.165) is 0 Å². The largest absolute Gasteiger partial charge is 0.495 e. The molecule has 0 heterocycles. The molecule has 1 aromatic carbocycles. The third kappa shape index (κ3) is 4.25. The Morgan fingerprint density at radius 1 is 1.39 bits per heavy atom. The van der Waals surface area contributed by atoms with Gasteiger partial charge in [-0.1, -0.05) is 6.07 Å². The number of hydrogen-bond donors (Lipinski definition) is 2. The summed E-state index contributed by atoms with van der Waals surface area (Å²) in [6, 6.07) is 5.02. The van der Waals surface area contributed by atoms with Gasteiger partial charge < -0.3 is 14.6 Å². The maximum Gasteiger partial charge on any atom is 0.412 e. The minimum Gasteiger partial charge on any atom is -0.495 e. The summed E-state index contributed by atoms with van der Waals surface area (Å²) >= 11 is 0. The Balaban J connectivity index is 2.81. The average molecular weight is 253 g/mol. The van der Waals surface area contributed by atoms with E-state index in [0.29, 0.717) is 17.0 Å². The maximum atomic E-state index is 11.6. The molecule has 0 aliphatic rings. The highest BCUT2D eigenvalue weighted by Gasteiger charge is 2.17. The van der Waals surface area contributed by atoms with Crippen molar-refractivity contribution in [1.82, 2.24) is 0 Å². The van der Waals surface area contributed by atoms with Crippen molar-refractivity contribution >= 4 is 11.8 Å². The van der Waals surface area contributed by atoms with Gasteiger partial charge in [-0.15, -0.1) is 0 Å². The van der Waals surface area contributed by atoms with Gasteiger partial charge in [-0.05, 0) is 38.5 Å². The zero-order chi connectivity index (χ0) is 13.8.